The molecule has 11 atom stereocenters. The molecule has 0 heterocycles. The Kier molecular flexibility index (Phi) is 18.8. The van der Waals surface area contributed by atoms with Crippen molar-refractivity contribution < 1.29 is 14.4 Å². The number of Topliss-reactive ketones (excluding diaryl/α,β-unsaturated/α-hetero) is 1. The number of rotatable bonds is 3. The number of ketones is 3. The molecular formula is C81H102O3. The number of carbonyl (C=O) groups excluding carboxylic acids is 3. The maximum Gasteiger partial charge on any atom is 0.156 e. The summed E-state index contributed by atoms with van der Waals surface area (Å²) < 4.78 is 0. The smallest absolute Gasteiger partial charge is 0.156 e. The van der Waals surface area contributed by atoms with E-state index in [0.717, 1.165) is 69.1 Å². The minimum atomic E-state index is 0.252. The second kappa shape index (κ2) is 25.7. The zero-order chi connectivity index (χ0) is 59.7. The predicted octanol–water partition coefficient (Wildman–Crippen LogP) is 21.6. The van der Waals surface area contributed by atoms with Gasteiger partial charge >= 0.3 is 0 Å². The van der Waals surface area contributed by atoms with Gasteiger partial charge in [-0.25, -0.2) is 0 Å². The summed E-state index contributed by atoms with van der Waals surface area (Å²) >= 11 is 0. The third-order valence-corrected chi connectivity index (χ3v) is 23.6. The van der Waals surface area contributed by atoms with Crippen molar-refractivity contribution in [2.75, 3.05) is 0 Å². The number of allylic oxidation sites excluding steroid dienone is 15. The van der Waals surface area contributed by atoms with Crippen LogP contribution in [-0.4, -0.2) is 17.3 Å². The lowest BCUT2D eigenvalue weighted by molar-refractivity contribution is -0.119. The molecule has 0 N–H and O–H groups in total. The van der Waals surface area contributed by atoms with Crippen LogP contribution in [0.3, 0.4) is 0 Å². The largest absolute Gasteiger partial charge is 0.299 e. The lowest BCUT2D eigenvalue weighted by atomic mass is 9.53. The van der Waals surface area contributed by atoms with E-state index in [-0.39, 0.29) is 16.2 Å². The van der Waals surface area contributed by atoms with Gasteiger partial charge < -0.3 is 0 Å². The van der Waals surface area contributed by atoms with Crippen LogP contribution in [0.15, 0.2) is 190 Å². The first-order chi connectivity index (χ1) is 40.7. The molecule has 3 aromatic rings. The van der Waals surface area contributed by atoms with E-state index in [2.05, 4.69) is 132 Å². The Morgan fingerprint density at radius 2 is 0.810 bits per heavy atom. The first-order valence-corrected chi connectivity index (χ1v) is 33.8. The van der Waals surface area contributed by atoms with Gasteiger partial charge in [-0.15, -0.1) is 0 Å². The van der Waals surface area contributed by atoms with Crippen molar-refractivity contribution in [1.29, 1.82) is 0 Å². The van der Waals surface area contributed by atoms with E-state index >= 15 is 0 Å². The van der Waals surface area contributed by atoms with Crippen LogP contribution in [0.2, 0.25) is 0 Å². The topological polar surface area (TPSA) is 51.2 Å². The zero-order valence-corrected chi connectivity index (χ0v) is 53.3. The third kappa shape index (κ3) is 11.0. The molecule has 444 valence electrons. The van der Waals surface area contributed by atoms with Gasteiger partial charge in [-0.1, -0.05) is 206 Å². The number of hydrogen-bond donors (Lipinski definition) is 0. The summed E-state index contributed by atoms with van der Waals surface area (Å²) in [6.07, 6.45) is 27.7. The van der Waals surface area contributed by atoms with Crippen LogP contribution in [0.5, 0.6) is 0 Å². The molecule has 0 radical (unpaired) electrons. The second-order valence-corrected chi connectivity index (χ2v) is 27.1. The summed E-state index contributed by atoms with van der Waals surface area (Å²) in [4.78, 5) is 36.0. The summed E-state index contributed by atoms with van der Waals surface area (Å²) in [6.45, 7) is 32.9. The second-order valence-electron chi connectivity index (χ2n) is 27.1. The maximum atomic E-state index is 12.0. The van der Waals surface area contributed by atoms with Gasteiger partial charge in [-0.3, -0.25) is 14.4 Å². The molecule has 6 unspecified atom stereocenters. The molecule has 5 fully saturated rings. The molecule has 15 rings (SSSR count). The van der Waals surface area contributed by atoms with E-state index in [9.17, 15) is 14.4 Å². The van der Waals surface area contributed by atoms with Crippen LogP contribution in [0.25, 0.3) is 5.57 Å². The quantitative estimate of drug-likeness (QED) is 0.246. The Balaban J connectivity index is 0.000000134. The van der Waals surface area contributed by atoms with Crippen molar-refractivity contribution >= 4 is 22.9 Å². The molecule has 3 nitrogen and oxygen atoms in total. The van der Waals surface area contributed by atoms with Crippen molar-refractivity contribution in [2.24, 2.45) is 51.8 Å². The highest BCUT2D eigenvalue weighted by atomic mass is 16.1. The van der Waals surface area contributed by atoms with E-state index in [1.54, 1.807) is 39.0 Å². The van der Waals surface area contributed by atoms with E-state index < -0.39 is 0 Å². The van der Waals surface area contributed by atoms with Gasteiger partial charge in [0.05, 0.1) is 0 Å². The number of fused-ring (bicyclic) bond motifs is 12. The molecule has 3 aromatic carbocycles. The van der Waals surface area contributed by atoms with Crippen LogP contribution in [-0.2, 0) is 14.4 Å². The molecule has 0 saturated heterocycles. The van der Waals surface area contributed by atoms with Crippen LogP contribution >= 0.6 is 0 Å². The molecule has 0 spiro atoms. The Bertz CT molecular complexity index is 3080. The zero-order valence-electron chi connectivity index (χ0n) is 53.3. The van der Waals surface area contributed by atoms with Crippen molar-refractivity contribution in [3.8, 4) is 0 Å². The van der Waals surface area contributed by atoms with Gasteiger partial charge in [0, 0.05) is 37.5 Å². The fourth-order valence-electron chi connectivity index (χ4n) is 19.5. The first-order valence-electron chi connectivity index (χ1n) is 33.8. The maximum absolute atomic E-state index is 12.0. The summed E-state index contributed by atoms with van der Waals surface area (Å²) in [7, 11) is 0. The highest BCUT2D eigenvalue weighted by molar-refractivity contribution is 5.94. The molecule has 0 bridgehead atoms. The molecule has 12 aliphatic rings. The minimum absolute atomic E-state index is 0.252. The van der Waals surface area contributed by atoms with Crippen molar-refractivity contribution in [2.45, 2.75) is 215 Å². The lowest BCUT2D eigenvalue weighted by Crippen LogP contribution is -2.41. The summed E-state index contributed by atoms with van der Waals surface area (Å²) in [5.41, 5.74) is 25.0. The average molecular weight is 1120 g/mol. The van der Waals surface area contributed by atoms with Gasteiger partial charge in [0.2, 0.25) is 0 Å². The van der Waals surface area contributed by atoms with E-state index in [4.69, 9.17) is 0 Å². The molecule has 0 aliphatic heterocycles. The lowest BCUT2D eigenvalue weighted by Gasteiger charge is -2.51. The Morgan fingerprint density at radius 3 is 1.27 bits per heavy atom. The van der Waals surface area contributed by atoms with Gasteiger partial charge in [-0.2, -0.15) is 0 Å². The van der Waals surface area contributed by atoms with Gasteiger partial charge in [0.15, 0.2) is 11.6 Å². The van der Waals surface area contributed by atoms with Crippen LogP contribution in [0.4, 0.5) is 0 Å². The van der Waals surface area contributed by atoms with Crippen LogP contribution in [0, 0.1) is 51.8 Å². The Hall–Kier alpha value is -5.67. The fourth-order valence-corrected chi connectivity index (χ4v) is 19.5. The summed E-state index contributed by atoms with van der Waals surface area (Å²) in [5.74, 6) is 6.33. The number of carbonyl (C=O) groups is 3. The van der Waals surface area contributed by atoms with E-state index in [1.165, 1.54) is 121 Å². The van der Waals surface area contributed by atoms with Crippen molar-refractivity contribution in [3.05, 3.63) is 206 Å². The molecule has 0 amide bonds. The molecule has 5 saturated carbocycles. The fraction of sp³-hybridized carbons (Fsp3) is 0.519. The molecule has 84 heavy (non-hydrogen) atoms. The number of benzene rings is 3. The van der Waals surface area contributed by atoms with Gasteiger partial charge in [0.1, 0.15) is 5.78 Å². The molecule has 12 aliphatic carbocycles. The number of hydrogen-bond acceptors (Lipinski definition) is 3. The highest BCUT2D eigenvalue weighted by Crippen LogP contribution is 2.68. The van der Waals surface area contributed by atoms with E-state index in [0.29, 0.717) is 66.2 Å². The monoisotopic (exact) mass is 1120 g/mol. The first kappa shape index (κ1) is 61.4. The average Bonchev–Trinajstić information content (AvgIpc) is 1.79. The summed E-state index contributed by atoms with van der Waals surface area (Å²) in [5, 5.41) is 0. The minimum Gasteiger partial charge on any atom is -0.299 e. The highest BCUT2D eigenvalue weighted by Gasteiger charge is 2.56. The van der Waals surface area contributed by atoms with E-state index in [1.807, 2.05) is 53.7 Å². The molecule has 0 aromatic heterocycles. The predicted molar refractivity (Wildman–Crippen MR) is 352 cm³/mol. The normalized spacial score (nSPS) is 33.2. The van der Waals surface area contributed by atoms with Gasteiger partial charge in [-0.05, 0) is 235 Å². The molecule has 3 heteroatoms. The Labute approximate surface area is 508 Å². The molecular weight excluding hydrogens is 1020 g/mol. The Morgan fingerprint density at radius 1 is 0.405 bits per heavy atom. The van der Waals surface area contributed by atoms with Crippen molar-refractivity contribution in [3.63, 3.8) is 0 Å². The van der Waals surface area contributed by atoms with Gasteiger partial charge in [0.25, 0.3) is 0 Å². The van der Waals surface area contributed by atoms with Crippen LogP contribution < -0.4 is 0 Å². The standard InChI is InChI=1S/3C25H28O.3C2H6/c3*1-16-8-13-23-21-11-9-18-14-19(26)10-12-20(18)24(21)22(15-25(16,23)2)17-6-4-3-5-7-17;3*1-2/h3-7,21,23H,1,8-15H2,2H3;2*3-7,14,21-23H,1,8-13,15H2,2H3;3*1-2H3/t21?,23?,25-;21?,22-,23?,25+;21?,22-,23?,25-;;;/m101.../s1. The van der Waals surface area contributed by atoms with Crippen LogP contribution in [0.1, 0.15) is 232 Å². The third-order valence-electron chi connectivity index (χ3n) is 23.6. The van der Waals surface area contributed by atoms with Crippen molar-refractivity contribution in [1.82, 2.24) is 0 Å². The SMILES string of the molecule is C=C1CCC2C3CCC4=C(CCC(=O)C4)C3=C(c3ccccc3)C[C@]12C.C=C1CCC2C3CCC4=CC(=O)CCC4=C3[C@@H](c3ccccc3)C[C@]12C.C=C1CCC2C3CCC4=CC(=O)CCC4=C3[C@H](c3ccccc3)C[C@]12C.CC.CC.CC. The summed E-state index contributed by atoms with van der Waals surface area (Å²) in [6, 6.07) is 33.2.